The summed E-state index contributed by atoms with van der Waals surface area (Å²) in [6.45, 7) is 7.04. The maximum absolute atomic E-state index is 5.99. The summed E-state index contributed by atoms with van der Waals surface area (Å²) in [5.41, 5.74) is 2.38. The monoisotopic (exact) mass is 284 g/mol. The summed E-state index contributed by atoms with van der Waals surface area (Å²) in [4.78, 5) is 0. The molecule has 0 amide bonds. The zero-order chi connectivity index (χ0) is 15.1. The summed E-state index contributed by atoms with van der Waals surface area (Å²) in [6.07, 6.45) is 0.789. The SMILES string of the molecule is CCOC(Oc1ccc(C(C)CC)cc1)c1ccccc1. The van der Waals surface area contributed by atoms with Gasteiger partial charge >= 0.3 is 0 Å². The summed E-state index contributed by atoms with van der Waals surface area (Å²) in [5, 5.41) is 0. The molecule has 2 aromatic rings. The molecule has 2 heteroatoms. The van der Waals surface area contributed by atoms with E-state index < -0.39 is 0 Å². The lowest BCUT2D eigenvalue weighted by Gasteiger charge is -2.19. The highest BCUT2D eigenvalue weighted by Gasteiger charge is 2.13. The molecule has 2 aromatic carbocycles. The van der Waals surface area contributed by atoms with Gasteiger partial charge in [-0.3, -0.25) is 0 Å². The summed E-state index contributed by atoms with van der Waals surface area (Å²) in [7, 11) is 0. The molecule has 2 unspecified atom stereocenters. The molecule has 2 atom stereocenters. The second kappa shape index (κ2) is 7.84. The van der Waals surface area contributed by atoms with Crippen LogP contribution >= 0.6 is 0 Å². The molecule has 0 heterocycles. The van der Waals surface area contributed by atoms with Crippen molar-refractivity contribution in [1.82, 2.24) is 0 Å². The average molecular weight is 284 g/mol. The summed E-state index contributed by atoms with van der Waals surface area (Å²) < 4.78 is 11.7. The molecule has 112 valence electrons. The van der Waals surface area contributed by atoms with Crippen LogP contribution in [0.5, 0.6) is 5.75 Å². The first-order valence-electron chi connectivity index (χ1n) is 7.67. The fraction of sp³-hybridized carbons (Fsp3) is 0.368. The summed E-state index contributed by atoms with van der Waals surface area (Å²) in [6, 6.07) is 18.4. The van der Waals surface area contributed by atoms with Crippen molar-refractivity contribution in [3.8, 4) is 5.75 Å². The molecule has 0 aliphatic heterocycles. The van der Waals surface area contributed by atoms with Crippen LogP contribution in [0.15, 0.2) is 54.6 Å². The first-order valence-corrected chi connectivity index (χ1v) is 7.67. The molecule has 0 saturated heterocycles. The second-order valence-electron chi connectivity index (χ2n) is 5.19. The molecule has 0 radical (unpaired) electrons. The third-order valence-electron chi connectivity index (χ3n) is 3.69. The van der Waals surface area contributed by atoms with Crippen LogP contribution in [0.2, 0.25) is 0 Å². The predicted molar refractivity (Wildman–Crippen MR) is 86.6 cm³/mol. The Labute approximate surface area is 127 Å². The second-order valence-corrected chi connectivity index (χ2v) is 5.19. The molecule has 21 heavy (non-hydrogen) atoms. The highest BCUT2D eigenvalue weighted by molar-refractivity contribution is 5.30. The Kier molecular flexibility index (Phi) is 5.82. The van der Waals surface area contributed by atoms with Crippen LogP contribution in [-0.4, -0.2) is 6.61 Å². The summed E-state index contributed by atoms with van der Waals surface area (Å²) >= 11 is 0. The average Bonchev–Trinajstić information content (AvgIpc) is 2.55. The minimum atomic E-state index is -0.356. The highest BCUT2D eigenvalue weighted by Crippen LogP contribution is 2.26. The van der Waals surface area contributed by atoms with E-state index in [1.807, 2.05) is 49.4 Å². The van der Waals surface area contributed by atoms with E-state index in [1.165, 1.54) is 5.56 Å². The minimum absolute atomic E-state index is 0.356. The number of hydrogen-bond donors (Lipinski definition) is 0. The molecule has 2 nitrogen and oxygen atoms in total. The van der Waals surface area contributed by atoms with Gasteiger partial charge < -0.3 is 9.47 Å². The van der Waals surface area contributed by atoms with Gasteiger partial charge in [-0.25, -0.2) is 0 Å². The van der Waals surface area contributed by atoms with Gasteiger partial charge in [0.05, 0.1) is 0 Å². The molecule has 0 bridgehead atoms. The topological polar surface area (TPSA) is 18.5 Å². The van der Waals surface area contributed by atoms with E-state index in [1.54, 1.807) is 0 Å². The molecule has 0 aliphatic carbocycles. The van der Waals surface area contributed by atoms with Crippen LogP contribution < -0.4 is 4.74 Å². The molecule has 0 saturated carbocycles. The Hall–Kier alpha value is -1.80. The third kappa shape index (κ3) is 4.33. The quantitative estimate of drug-likeness (QED) is 0.641. The third-order valence-corrected chi connectivity index (χ3v) is 3.69. The lowest BCUT2D eigenvalue weighted by Crippen LogP contribution is -2.11. The van der Waals surface area contributed by atoms with Gasteiger partial charge in [0.15, 0.2) is 0 Å². The van der Waals surface area contributed by atoms with E-state index in [0.29, 0.717) is 12.5 Å². The van der Waals surface area contributed by atoms with E-state index in [0.717, 1.165) is 17.7 Å². The largest absolute Gasteiger partial charge is 0.461 e. The Morgan fingerprint density at radius 1 is 0.857 bits per heavy atom. The number of ether oxygens (including phenoxy) is 2. The standard InChI is InChI=1S/C19H24O2/c1-4-15(3)16-11-13-18(14-12-16)21-19(20-5-2)17-9-7-6-8-10-17/h6-15,19H,4-5H2,1-3H3. The Balaban J connectivity index is 2.10. The van der Waals surface area contributed by atoms with Gasteiger partial charge in [-0.15, -0.1) is 0 Å². The van der Waals surface area contributed by atoms with Gasteiger partial charge in [-0.2, -0.15) is 0 Å². The lowest BCUT2D eigenvalue weighted by molar-refractivity contribution is -0.0786. The van der Waals surface area contributed by atoms with E-state index >= 15 is 0 Å². The molecule has 0 fully saturated rings. The van der Waals surface area contributed by atoms with Crippen LogP contribution in [-0.2, 0) is 4.74 Å². The fourth-order valence-corrected chi connectivity index (χ4v) is 2.19. The van der Waals surface area contributed by atoms with Gasteiger partial charge in [-0.1, -0.05) is 56.3 Å². The molecule has 0 spiro atoms. The smallest absolute Gasteiger partial charge is 0.226 e. The molecule has 2 rings (SSSR count). The zero-order valence-corrected chi connectivity index (χ0v) is 13.1. The Morgan fingerprint density at radius 3 is 2.10 bits per heavy atom. The van der Waals surface area contributed by atoms with Crippen molar-refractivity contribution in [1.29, 1.82) is 0 Å². The van der Waals surface area contributed by atoms with Crippen LogP contribution in [0.3, 0.4) is 0 Å². The molecular formula is C19H24O2. The Morgan fingerprint density at radius 2 is 1.52 bits per heavy atom. The fourth-order valence-electron chi connectivity index (χ4n) is 2.19. The van der Waals surface area contributed by atoms with Crippen molar-refractivity contribution in [2.75, 3.05) is 6.61 Å². The molecule has 0 aromatic heterocycles. The van der Waals surface area contributed by atoms with Crippen LogP contribution in [0.25, 0.3) is 0 Å². The van der Waals surface area contributed by atoms with Gasteiger partial charge in [-0.05, 0) is 37.0 Å². The predicted octanol–water partition coefficient (Wildman–Crippen LogP) is 5.31. The van der Waals surface area contributed by atoms with Crippen LogP contribution in [0.1, 0.15) is 50.5 Å². The summed E-state index contributed by atoms with van der Waals surface area (Å²) in [5.74, 6) is 1.42. The van der Waals surface area contributed by atoms with Crippen molar-refractivity contribution < 1.29 is 9.47 Å². The zero-order valence-electron chi connectivity index (χ0n) is 13.1. The number of hydrogen-bond acceptors (Lipinski definition) is 2. The van der Waals surface area contributed by atoms with E-state index in [9.17, 15) is 0 Å². The van der Waals surface area contributed by atoms with Crippen molar-refractivity contribution in [3.63, 3.8) is 0 Å². The van der Waals surface area contributed by atoms with Gasteiger partial charge in [0.25, 0.3) is 0 Å². The van der Waals surface area contributed by atoms with Crippen molar-refractivity contribution in [2.45, 2.75) is 39.4 Å². The lowest BCUT2D eigenvalue weighted by atomic mass is 9.99. The van der Waals surface area contributed by atoms with Crippen LogP contribution in [0.4, 0.5) is 0 Å². The normalized spacial score (nSPS) is 13.7. The van der Waals surface area contributed by atoms with Gasteiger partial charge in [0.1, 0.15) is 5.75 Å². The van der Waals surface area contributed by atoms with E-state index in [-0.39, 0.29) is 6.29 Å². The molecular weight excluding hydrogens is 260 g/mol. The first kappa shape index (κ1) is 15.6. The Bertz CT molecular complexity index is 519. The molecule has 0 aliphatic rings. The van der Waals surface area contributed by atoms with Crippen LogP contribution in [0, 0.1) is 0 Å². The van der Waals surface area contributed by atoms with Crippen molar-refractivity contribution >= 4 is 0 Å². The minimum Gasteiger partial charge on any atom is -0.461 e. The number of benzene rings is 2. The first-order chi connectivity index (χ1) is 10.2. The van der Waals surface area contributed by atoms with Gasteiger partial charge in [0, 0.05) is 12.2 Å². The van der Waals surface area contributed by atoms with Crippen molar-refractivity contribution in [2.24, 2.45) is 0 Å². The van der Waals surface area contributed by atoms with E-state index in [2.05, 4.69) is 26.0 Å². The molecule has 0 N–H and O–H groups in total. The van der Waals surface area contributed by atoms with Crippen molar-refractivity contribution in [3.05, 3.63) is 65.7 Å². The van der Waals surface area contributed by atoms with Gasteiger partial charge in [0.2, 0.25) is 6.29 Å². The maximum atomic E-state index is 5.99. The number of rotatable bonds is 7. The van der Waals surface area contributed by atoms with E-state index in [4.69, 9.17) is 9.47 Å². The highest BCUT2D eigenvalue weighted by atomic mass is 16.7. The maximum Gasteiger partial charge on any atom is 0.226 e.